The number of benzene rings is 2. The molecule has 4 nitrogen and oxygen atoms in total. The number of nitrogen functional groups attached to an aromatic ring is 1. The number of nitrogens with two attached hydrogens (primary N) is 1. The van der Waals surface area contributed by atoms with E-state index in [0.29, 0.717) is 31.2 Å². The van der Waals surface area contributed by atoms with Gasteiger partial charge in [-0.05, 0) is 55.2 Å². The third kappa shape index (κ3) is 5.36. The molecule has 10 heteroatoms. The lowest BCUT2D eigenvalue weighted by Gasteiger charge is -2.29. The Hall–Kier alpha value is -2.91. The van der Waals surface area contributed by atoms with E-state index >= 15 is 0 Å². The molecule has 2 N–H and O–H groups in total. The first-order valence-electron chi connectivity index (χ1n) is 10.4. The number of carbonyl (C=O) groups excluding carboxylic acids is 1. The van der Waals surface area contributed by atoms with Gasteiger partial charge in [0.15, 0.2) is 6.61 Å². The van der Waals surface area contributed by atoms with Gasteiger partial charge >= 0.3 is 18.3 Å². The molecule has 1 saturated carbocycles. The average Bonchev–Trinajstić information content (AvgIpc) is 3.23. The molecule has 2 aromatic rings. The zero-order chi connectivity index (χ0) is 24.4. The lowest BCUT2D eigenvalue weighted by atomic mass is 9.77. The van der Waals surface area contributed by atoms with Crippen molar-refractivity contribution < 1.29 is 40.6 Å². The maximum absolute atomic E-state index is 13.0. The molecule has 0 radical (unpaired) electrons. The van der Waals surface area contributed by atoms with E-state index in [4.69, 9.17) is 15.2 Å². The van der Waals surface area contributed by atoms with Crippen LogP contribution in [0.3, 0.4) is 0 Å². The van der Waals surface area contributed by atoms with Crippen LogP contribution in [-0.4, -0.2) is 25.4 Å². The van der Waals surface area contributed by atoms with E-state index in [1.807, 2.05) is 0 Å². The molecule has 2 aromatic carbocycles. The fourth-order valence-corrected chi connectivity index (χ4v) is 4.12. The van der Waals surface area contributed by atoms with E-state index in [-0.39, 0.29) is 29.2 Å². The van der Waals surface area contributed by atoms with Crippen LogP contribution in [0.2, 0.25) is 0 Å². The fourth-order valence-electron chi connectivity index (χ4n) is 4.12. The Morgan fingerprint density at radius 1 is 1.03 bits per heavy atom. The molecule has 180 valence electrons. The molecule has 1 fully saturated rings. The number of hydrogen-bond donors (Lipinski definition) is 1. The Kier molecular flexibility index (Phi) is 6.85. The predicted octanol–water partition coefficient (Wildman–Crippen LogP) is 6.27. The van der Waals surface area contributed by atoms with Gasteiger partial charge in [-0.1, -0.05) is 25.0 Å². The van der Waals surface area contributed by atoms with Gasteiger partial charge in [0.05, 0.1) is 23.3 Å². The highest BCUT2D eigenvalue weighted by Crippen LogP contribution is 2.47. The second-order valence-electron chi connectivity index (χ2n) is 7.92. The molecule has 1 aliphatic rings. The topological polar surface area (TPSA) is 61.5 Å². The molecule has 0 saturated heterocycles. The Morgan fingerprint density at radius 3 is 2.15 bits per heavy atom. The van der Waals surface area contributed by atoms with Crippen molar-refractivity contribution in [3.63, 3.8) is 0 Å². The number of ether oxygens (including phenoxy) is 2. The van der Waals surface area contributed by atoms with Gasteiger partial charge < -0.3 is 15.2 Å². The molecule has 33 heavy (non-hydrogen) atoms. The van der Waals surface area contributed by atoms with Gasteiger partial charge in [0.25, 0.3) is 0 Å². The van der Waals surface area contributed by atoms with Crippen molar-refractivity contribution in [3.8, 4) is 16.9 Å². The van der Waals surface area contributed by atoms with Crippen LogP contribution in [0.4, 0.5) is 32.0 Å². The van der Waals surface area contributed by atoms with Crippen LogP contribution in [0.1, 0.15) is 43.7 Å². The van der Waals surface area contributed by atoms with Crippen molar-refractivity contribution in [2.45, 2.75) is 50.4 Å². The summed E-state index contributed by atoms with van der Waals surface area (Å²) in [7, 11) is 0. The van der Waals surface area contributed by atoms with Gasteiger partial charge in [0.2, 0.25) is 0 Å². The van der Waals surface area contributed by atoms with E-state index < -0.39 is 35.9 Å². The summed E-state index contributed by atoms with van der Waals surface area (Å²) >= 11 is 0. The van der Waals surface area contributed by atoms with Crippen LogP contribution in [-0.2, 0) is 21.1 Å². The summed E-state index contributed by atoms with van der Waals surface area (Å²) in [5, 5.41) is 0. The molecule has 1 aliphatic carbocycles. The van der Waals surface area contributed by atoms with Crippen LogP contribution < -0.4 is 10.5 Å². The van der Waals surface area contributed by atoms with Crippen LogP contribution in [0.25, 0.3) is 11.1 Å². The predicted molar refractivity (Wildman–Crippen MR) is 110 cm³/mol. The third-order valence-electron chi connectivity index (χ3n) is 5.73. The smallest absolute Gasteiger partial charge is 0.422 e. The van der Waals surface area contributed by atoms with E-state index in [2.05, 4.69) is 0 Å². The van der Waals surface area contributed by atoms with E-state index in [0.717, 1.165) is 12.1 Å². The molecule has 0 unspecified atom stereocenters. The summed E-state index contributed by atoms with van der Waals surface area (Å²) < 4.78 is 87.5. The van der Waals surface area contributed by atoms with Gasteiger partial charge in [-0.25, -0.2) is 0 Å². The molecular formula is C23H23F6NO3. The molecule has 0 heterocycles. The molecule has 0 aromatic heterocycles. The van der Waals surface area contributed by atoms with Crippen molar-refractivity contribution in [2.24, 2.45) is 0 Å². The Bertz CT molecular complexity index is 993. The lowest BCUT2D eigenvalue weighted by molar-refractivity contribution is -0.153. The highest BCUT2D eigenvalue weighted by Gasteiger charge is 2.45. The largest absolute Gasteiger partial charge is 0.482 e. The second-order valence-corrected chi connectivity index (χ2v) is 7.92. The number of esters is 1. The quantitative estimate of drug-likeness (QED) is 0.304. The number of halogens is 6. The third-order valence-corrected chi connectivity index (χ3v) is 5.73. The highest BCUT2D eigenvalue weighted by molar-refractivity contribution is 5.88. The summed E-state index contributed by atoms with van der Waals surface area (Å²) in [6.07, 6.45) is -6.94. The van der Waals surface area contributed by atoms with Crippen molar-refractivity contribution in [1.29, 1.82) is 0 Å². The Labute approximate surface area is 186 Å². The zero-order valence-electron chi connectivity index (χ0n) is 17.8. The van der Waals surface area contributed by atoms with E-state index in [1.165, 1.54) is 24.3 Å². The monoisotopic (exact) mass is 475 g/mol. The summed E-state index contributed by atoms with van der Waals surface area (Å²) in [4.78, 5) is 12.9. The lowest BCUT2D eigenvalue weighted by Crippen LogP contribution is -2.35. The SMILES string of the molecule is CCOC(=O)C1(c2cc(OCC(F)(F)F)c(N)c(-c3ccc(C(F)(F)F)cc3)c2)CCCC1. The minimum Gasteiger partial charge on any atom is -0.482 e. The van der Waals surface area contributed by atoms with Crippen molar-refractivity contribution in [3.05, 3.63) is 47.5 Å². The molecule has 0 bridgehead atoms. The van der Waals surface area contributed by atoms with E-state index in [9.17, 15) is 31.1 Å². The number of rotatable bonds is 6. The number of anilines is 1. The molecule has 0 amide bonds. The maximum atomic E-state index is 13.0. The summed E-state index contributed by atoms with van der Waals surface area (Å²) in [6.45, 7) is 0.160. The standard InChI is InChI=1S/C23H23F6NO3/c1-2-32-20(31)21(9-3-4-10-21)16-11-17(14-5-7-15(8-6-14)23(27,28)29)19(30)18(12-16)33-13-22(24,25)26/h5-8,11-12H,2-4,9-10,13,30H2,1H3. The van der Waals surface area contributed by atoms with Gasteiger partial charge in [0.1, 0.15) is 5.75 Å². The van der Waals surface area contributed by atoms with Gasteiger partial charge in [0, 0.05) is 5.56 Å². The van der Waals surface area contributed by atoms with Crippen molar-refractivity contribution >= 4 is 11.7 Å². The summed E-state index contributed by atoms with van der Waals surface area (Å²) in [5.41, 5.74) is 4.72. The maximum Gasteiger partial charge on any atom is 0.422 e. The Morgan fingerprint density at radius 2 is 1.64 bits per heavy atom. The van der Waals surface area contributed by atoms with Gasteiger partial charge in [-0.2, -0.15) is 26.3 Å². The molecular weight excluding hydrogens is 452 g/mol. The zero-order valence-corrected chi connectivity index (χ0v) is 17.8. The molecule has 3 rings (SSSR count). The van der Waals surface area contributed by atoms with Crippen molar-refractivity contribution in [1.82, 2.24) is 0 Å². The average molecular weight is 475 g/mol. The Balaban J connectivity index is 2.15. The normalized spacial score (nSPS) is 16.0. The van der Waals surface area contributed by atoms with Crippen LogP contribution in [0, 0.1) is 0 Å². The number of alkyl halides is 6. The van der Waals surface area contributed by atoms with Crippen molar-refractivity contribution in [2.75, 3.05) is 18.9 Å². The first-order chi connectivity index (χ1) is 15.4. The first-order valence-corrected chi connectivity index (χ1v) is 10.4. The molecule has 0 spiro atoms. The number of hydrogen-bond acceptors (Lipinski definition) is 4. The number of carbonyl (C=O) groups is 1. The second kappa shape index (κ2) is 9.15. The fraction of sp³-hybridized carbons (Fsp3) is 0.435. The summed E-state index contributed by atoms with van der Waals surface area (Å²) in [6, 6.07) is 6.90. The first kappa shape index (κ1) is 24.7. The van der Waals surface area contributed by atoms with Crippen LogP contribution >= 0.6 is 0 Å². The van der Waals surface area contributed by atoms with Crippen LogP contribution in [0.5, 0.6) is 5.75 Å². The minimum atomic E-state index is -4.64. The van der Waals surface area contributed by atoms with Gasteiger partial charge in [-0.15, -0.1) is 0 Å². The summed E-state index contributed by atoms with van der Waals surface area (Å²) in [5.74, 6) is -0.803. The molecule has 0 atom stereocenters. The van der Waals surface area contributed by atoms with Crippen LogP contribution in [0.15, 0.2) is 36.4 Å². The van der Waals surface area contributed by atoms with Gasteiger partial charge in [-0.3, -0.25) is 4.79 Å². The minimum absolute atomic E-state index is 0.124. The van der Waals surface area contributed by atoms with E-state index in [1.54, 1.807) is 6.92 Å². The molecule has 0 aliphatic heterocycles. The highest BCUT2D eigenvalue weighted by atomic mass is 19.4.